The van der Waals surface area contributed by atoms with Crippen molar-refractivity contribution < 1.29 is 22.8 Å². The molecular formula is C21H21F2N5O3. The van der Waals surface area contributed by atoms with Crippen LogP contribution >= 0.6 is 0 Å². The van der Waals surface area contributed by atoms with Crippen LogP contribution in [0.2, 0.25) is 0 Å². The van der Waals surface area contributed by atoms with Gasteiger partial charge < -0.3 is 9.26 Å². The van der Waals surface area contributed by atoms with Crippen molar-refractivity contribution in [3.05, 3.63) is 48.6 Å². The molecule has 0 N–H and O–H groups in total. The van der Waals surface area contributed by atoms with E-state index in [2.05, 4.69) is 20.1 Å². The maximum absolute atomic E-state index is 14.1. The van der Waals surface area contributed by atoms with Gasteiger partial charge in [-0.15, -0.1) is 0 Å². The van der Waals surface area contributed by atoms with Crippen molar-refractivity contribution in [3.63, 3.8) is 0 Å². The molecule has 8 nitrogen and oxygen atoms in total. The van der Waals surface area contributed by atoms with E-state index < -0.39 is 36.6 Å². The van der Waals surface area contributed by atoms with Crippen LogP contribution < -0.4 is 0 Å². The molecular weight excluding hydrogens is 408 g/mol. The van der Waals surface area contributed by atoms with E-state index in [-0.39, 0.29) is 11.7 Å². The monoisotopic (exact) mass is 429 g/mol. The molecule has 1 fully saturated rings. The van der Waals surface area contributed by atoms with E-state index in [9.17, 15) is 13.6 Å². The summed E-state index contributed by atoms with van der Waals surface area (Å²) in [5, 5.41) is 3.86. The van der Waals surface area contributed by atoms with Crippen molar-refractivity contribution in [2.24, 2.45) is 0 Å². The van der Waals surface area contributed by atoms with Crippen LogP contribution in [0.3, 0.4) is 0 Å². The Morgan fingerprint density at radius 2 is 2.00 bits per heavy atom. The molecule has 0 aromatic carbocycles. The summed E-state index contributed by atoms with van der Waals surface area (Å²) >= 11 is 0. The van der Waals surface area contributed by atoms with Crippen LogP contribution in [0.25, 0.3) is 22.8 Å². The zero-order valence-electron chi connectivity index (χ0n) is 17.2. The molecule has 1 aliphatic heterocycles. The predicted molar refractivity (Wildman–Crippen MR) is 106 cm³/mol. The second-order valence-corrected chi connectivity index (χ2v) is 8.29. The van der Waals surface area contributed by atoms with Gasteiger partial charge in [-0.25, -0.2) is 13.6 Å². The van der Waals surface area contributed by atoms with Crippen LogP contribution in [-0.4, -0.2) is 49.2 Å². The van der Waals surface area contributed by atoms with Gasteiger partial charge in [0.1, 0.15) is 17.3 Å². The minimum absolute atomic E-state index is 0.0892. The Morgan fingerprint density at radius 3 is 2.65 bits per heavy atom. The summed E-state index contributed by atoms with van der Waals surface area (Å²) in [7, 11) is 0. The number of nitrogens with zero attached hydrogens (tertiary/aromatic N) is 5. The third-order valence-electron chi connectivity index (χ3n) is 4.58. The minimum Gasteiger partial charge on any atom is -0.444 e. The summed E-state index contributed by atoms with van der Waals surface area (Å²) < 4.78 is 38.7. The summed E-state index contributed by atoms with van der Waals surface area (Å²) in [5.41, 5.74) is 1.15. The topological polar surface area (TPSA) is 94.2 Å². The van der Waals surface area contributed by atoms with Crippen LogP contribution in [0.1, 0.15) is 39.1 Å². The Labute approximate surface area is 177 Å². The lowest BCUT2D eigenvalue weighted by Gasteiger charge is -2.26. The van der Waals surface area contributed by atoms with Crippen LogP contribution in [0.5, 0.6) is 0 Å². The van der Waals surface area contributed by atoms with Crippen molar-refractivity contribution in [1.29, 1.82) is 0 Å². The van der Waals surface area contributed by atoms with E-state index in [1.165, 1.54) is 0 Å². The number of ether oxygens (including phenoxy) is 1. The van der Waals surface area contributed by atoms with Gasteiger partial charge in [-0.05, 0) is 45.0 Å². The lowest BCUT2D eigenvalue weighted by atomic mass is 10.1. The third kappa shape index (κ3) is 4.68. The number of pyridine rings is 2. The molecule has 0 aliphatic carbocycles. The number of rotatable bonds is 3. The maximum Gasteiger partial charge on any atom is 0.411 e. The van der Waals surface area contributed by atoms with Crippen LogP contribution in [0.15, 0.2) is 47.2 Å². The Kier molecular flexibility index (Phi) is 5.16. The Balaban J connectivity index is 1.56. The highest BCUT2D eigenvalue weighted by Gasteiger charge is 2.51. The fourth-order valence-corrected chi connectivity index (χ4v) is 3.24. The van der Waals surface area contributed by atoms with Crippen LogP contribution in [0, 0.1) is 0 Å². The second-order valence-electron chi connectivity index (χ2n) is 8.29. The first-order valence-electron chi connectivity index (χ1n) is 9.70. The highest BCUT2D eigenvalue weighted by atomic mass is 19.3. The first-order chi connectivity index (χ1) is 14.6. The molecule has 1 atom stereocenters. The first kappa shape index (κ1) is 20.8. The van der Waals surface area contributed by atoms with E-state index in [0.29, 0.717) is 5.69 Å². The lowest BCUT2D eigenvalue weighted by Crippen LogP contribution is -2.38. The first-order valence-corrected chi connectivity index (χ1v) is 9.70. The molecule has 1 amide bonds. The molecule has 10 heteroatoms. The lowest BCUT2D eigenvalue weighted by molar-refractivity contribution is -0.00264. The number of likely N-dealkylation sites (tertiary alicyclic amines) is 1. The number of amides is 1. The molecule has 4 heterocycles. The molecule has 0 unspecified atom stereocenters. The molecule has 3 aromatic heterocycles. The normalized spacial score (nSPS) is 18.2. The smallest absolute Gasteiger partial charge is 0.411 e. The van der Waals surface area contributed by atoms with Gasteiger partial charge in [-0.2, -0.15) is 4.98 Å². The Morgan fingerprint density at radius 1 is 1.19 bits per heavy atom. The number of aromatic nitrogens is 4. The summed E-state index contributed by atoms with van der Waals surface area (Å²) in [6.45, 7) is 4.22. The van der Waals surface area contributed by atoms with Crippen molar-refractivity contribution in [2.45, 2.75) is 44.8 Å². The molecule has 0 spiro atoms. The number of halogens is 2. The van der Waals surface area contributed by atoms with E-state index in [4.69, 9.17) is 9.26 Å². The summed E-state index contributed by atoms with van der Waals surface area (Å²) in [4.78, 5) is 26.2. The quantitative estimate of drug-likeness (QED) is 0.604. The van der Waals surface area contributed by atoms with E-state index >= 15 is 0 Å². The number of hydrogen-bond donors (Lipinski definition) is 0. The highest BCUT2D eigenvalue weighted by Crippen LogP contribution is 2.41. The van der Waals surface area contributed by atoms with Gasteiger partial charge in [0.15, 0.2) is 0 Å². The van der Waals surface area contributed by atoms with Crippen molar-refractivity contribution >= 4 is 6.09 Å². The third-order valence-corrected chi connectivity index (χ3v) is 4.58. The van der Waals surface area contributed by atoms with E-state index in [0.717, 1.165) is 16.2 Å². The maximum atomic E-state index is 14.1. The number of alkyl halides is 2. The van der Waals surface area contributed by atoms with Gasteiger partial charge in [0.25, 0.3) is 5.92 Å². The minimum atomic E-state index is -3.08. The molecule has 0 radical (unpaired) electrons. The largest absolute Gasteiger partial charge is 0.444 e. The summed E-state index contributed by atoms with van der Waals surface area (Å²) in [5.74, 6) is -3.03. The number of hydrogen-bond acceptors (Lipinski definition) is 7. The van der Waals surface area contributed by atoms with Gasteiger partial charge in [0.05, 0.1) is 12.2 Å². The number of carbonyl (C=O) groups is 1. The SMILES string of the molecule is CC(C)(C)OC(=O)N1CC(F)(F)C[C@@H]1c1nc(-c2ccc(-c3ccccn3)cn2)no1. The van der Waals surface area contributed by atoms with Crippen molar-refractivity contribution in [1.82, 2.24) is 25.0 Å². The number of carbonyl (C=O) groups excluding carboxylic acids is 1. The van der Waals surface area contributed by atoms with Gasteiger partial charge in [0.2, 0.25) is 11.7 Å². The molecule has 1 saturated heterocycles. The van der Waals surface area contributed by atoms with Gasteiger partial charge in [-0.1, -0.05) is 11.2 Å². The fraction of sp³-hybridized carbons (Fsp3) is 0.381. The van der Waals surface area contributed by atoms with E-state index in [1.54, 1.807) is 45.3 Å². The molecule has 0 bridgehead atoms. The molecule has 3 aromatic rings. The predicted octanol–water partition coefficient (Wildman–Crippen LogP) is 4.51. The molecule has 31 heavy (non-hydrogen) atoms. The Bertz CT molecular complexity index is 1060. The molecule has 1 aliphatic rings. The Hall–Kier alpha value is -3.43. The molecule has 0 saturated carbocycles. The summed E-state index contributed by atoms with van der Waals surface area (Å²) in [6.07, 6.45) is 1.82. The summed E-state index contributed by atoms with van der Waals surface area (Å²) in [6, 6.07) is 7.95. The second kappa shape index (κ2) is 7.68. The standard InChI is InChI=1S/C21H21F2N5O3/c1-20(2,3)30-19(29)28-12-21(22,23)10-16(28)18-26-17(27-31-18)15-8-7-13(11-25-15)14-6-4-5-9-24-14/h4-9,11,16H,10,12H2,1-3H3/t16-/m1/s1. The zero-order chi connectivity index (χ0) is 22.2. The van der Waals surface area contributed by atoms with Crippen molar-refractivity contribution in [3.8, 4) is 22.8 Å². The average molecular weight is 429 g/mol. The fourth-order valence-electron chi connectivity index (χ4n) is 3.24. The van der Waals surface area contributed by atoms with Gasteiger partial charge in [-0.3, -0.25) is 14.9 Å². The van der Waals surface area contributed by atoms with Gasteiger partial charge >= 0.3 is 6.09 Å². The molecule has 162 valence electrons. The molecule has 4 rings (SSSR count). The van der Waals surface area contributed by atoms with Crippen molar-refractivity contribution in [2.75, 3.05) is 6.54 Å². The average Bonchev–Trinajstić information content (AvgIpc) is 3.32. The van der Waals surface area contributed by atoms with E-state index in [1.807, 2.05) is 18.2 Å². The zero-order valence-corrected chi connectivity index (χ0v) is 17.2. The van der Waals surface area contributed by atoms with Gasteiger partial charge in [0, 0.05) is 24.4 Å². The van der Waals surface area contributed by atoms with Crippen LogP contribution in [-0.2, 0) is 4.74 Å². The van der Waals surface area contributed by atoms with Crippen LogP contribution in [0.4, 0.5) is 13.6 Å². The highest BCUT2D eigenvalue weighted by molar-refractivity contribution is 5.69.